The van der Waals surface area contributed by atoms with Crippen LogP contribution in [0.2, 0.25) is 0 Å². The van der Waals surface area contributed by atoms with Crippen LogP contribution in [0.5, 0.6) is 11.5 Å². The number of sulfonamides is 1. The van der Waals surface area contributed by atoms with Gasteiger partial charge < -0.3 is 14.8 Å². The van der Waals surface area contributed by atoms with Crippen molar-refractivity contribution < 1.29 is 22.7 Å². The Bertz CT molecular complexity index is 840. The minimum Gasteiger partial charge on any atom is -0.496 e. The molecule has 7 nitrogen and oxygen atoms in total. The predicted octanol–water partition coefficient (Wildman–Crippen LogP) is 1.65. The van der Waals surface area contributed by atoms with Gasteiger partial charge in [-0.25, -0.2) is 8.42 Å². The van der Waals surface area contributed by atoms with Crippen LogP contribution in [-0.2, 0) is 21.4 Å². The molecule has 2 aromatic rings. The summed E-state index contributed by atoms with van der Waals surface area (Å²) in [5.74, 6) is 0.901. The third-order valence-electron chi connectivity index (χ3n) is 3.80. The van der Waals surface area contributed by atoms with Gasteiger partial charge in [-0.3, -0.25) is 4.79 Å². The lowest BCUT2D eigenvalue weighted by Gasteiger charge is -2.21. The van der Waals surface area contributed by atoms with Gasteiger partial charge in [-0.2, -0.15) is 4.31 Å². The Morgan fingerprint density at radius 3 is 2.41 bits per heavy atom. The monoisotopic (exact) mass is 392 g/mol. The van der Waals surface area contributed by atoms with Crippen molar-refractivity contribution in [1.29, 1.82) is 0 Å². The highest BCUT2D eigenvalue weighted by molar-refractivity contribution is 7.88. The number of carbonyl (C=O) groups is 1. The number of benzene rings is 2. The van der Waals surface area contributed by atoms with Crippen LogP contribution < -0.4 is 14.8 Å². The van der Waals surface area contributed by atoms with Crippen molar-refractivity contribution >= 4 is 15.9 Å². The summed E-state index contributed by atoms with van der Waals surface area (Å²) in [5, 5.41) is 2.67. The van der Waals surface area contributed by atoms with Gasteiger partial charge in [0.05, 0.1) is 13.4 Å². The molecule has 0 aromatic heterocycles. The first-order valence-corrected chi connectivity index (χ1v) is 10.3. The van der Waals surface area contributed by atoms with E-state index in [1.54, 1.807) is 18.2 Å². The summed E-state index contributed by atoms with van der Waals surface area (Å²) in [6.45, 7) is 0.363. The number of para-hydroxylation sites is 2. The topological polar surface area (TPSA) is 84.9 Å². The number of ether oxygens (including phenoxy) is 2. The fraction of sp³-hybridized carbons (Fsp3) is 0.316. The third kappa shape index (κ3) is 6.92. The van der Waals surface area contributed by atoms with E-state index in [9.17, 15) is 13.2 Å². The summed E-state index contributed by atoms with van der Waals surface area (Å²) in [6, 6.07) is 16.2. The van der Waals surface area contributed by atoms with Crippen molar-refractivity contribution in [3.63, 3.8) is 0 Å². The van der Waals surface area contributed by atoms with Crippen molar-refractivity contribution in [2.75, 3.05) is 33.1 Å². The van der Waals surface area contributed by atoms with Gasteiger partial charge in [0.2, 0.25) is 10.0 Å². The molecule has 2 rings (SSSR count). The molecule has 0 aliphatic rings. The fourth-order valence-electron chi connectivity index (χ4n) is 2.42. The van der Waals surface area contributed by atoms with E-state index >= 15 is 0 Å². The zero-order valence-corrected chi connectivity index (χ0v) is 16.2. The average Bonchev–Trinajstić information content (AvgIpc) is 2.66. The number of carbonyl (C=O) groups excluding carboxylic acids is 1. The molecule has 1 amide bonds. The highest BCUT2D eigenvalue weighted by Gasteiger charge is 2.18. The second kappa shape index (κ2) is 9.94. The van der Waals surface area contributed by atoms with E-state index in [4.69, 9.17) is 9.47 Å². The number of hydrogen-bond donors (Lipinski definition) is 1. The highest BCUT2D eigenvalue weighted by Crippen LogP contribution is 2.20. The van der Waals surface area contributed by atoms with Gasteiger partial charge >= 0.3 is 0 Å². The molecule has 0 saturated carbocycles. The molecule has 0 heterocycles. The van der Waals surface area contributed by atoms with Crippen LogP contribution in [0.1, 0.15) is 5.56 Å². The van der Waals surface area contributed by atoms with E-state index in [-0.39, 0.29) is 32.1 Å². The van der Waals surface area contributed by atoms with Crippen LogP contribution in [0, 0.1) is 0 Å². The summed E-state index contributed by atoms with van der Waals surface area (Å²) in [7, 11) is -1.91. The lowest BCUT2D eigenvalue weighted by molar-refractivity contribution is -0.123. The molecule has 1 N–H and O–H groups in total. The Balaban J connectivity index is 1.86. The van der Waals surface area contributed by atoms with Crippen LogP contribution in [0.4, 0.5) is 0 Å². The maximum Gasteiger partial charge on any atom is 0.257 e. The molecule has 27 heavy (non-hydrogen) atoms. The predicted molar refractivity (Wildman–Crippen MR) is 103 cm³/mol. The number of rotatable bonds is 10. The highest BCUT2D eigenvalue weighted by atomic mass is 32.2. The standard InChI is InChI=1S/C19H24N2O5S/c1-25-18-11-7-6-8-16(18)14-21(27(2,23)24)13-12-20-19(22)15-26-17-9-4-3-5-10-17/h3-11H,12-15H2,1-2H3,(H,20,22). The second-order valence-electron chi connectivity index (χ2n) is 5.86. The molecule has 0 saturated heterocycles. The smallest absolute Gasteiger partial charge is 0.257 e. The molecule has 0 atom stereocenters. The quantitative estimate of drug-likeness (QED) is 0.665. The average molecular weight is 392 g/mol. The van der Waals surface area contributed by atoms with Gasteiger partial charge in [0.1, 0.15) is 11.5 Å². The van der Waals surface area contributed by atoms with Crippen LogP contribution >= 0.6 is 0 Å². The van der Waals surface area contributed by atoms with E-state index in [0.29, 0.717) is 11.5 Å². The number of nitrogens with zero attached hydrogens (tertiary/aromatic N) is 1. The van der Waals surface area contributed by atoms with E-state index in [1.165, 1.54) is 11.4 Å². The first-order valence-electron chi connectivity index (χ1n) is 8.41. The largest absolute Gasteiger partial charge is 0.496 e. The van der Waals surface area contributed by atoms with E-state index in [2.05, 4.69) is 5.32 Å². The zero-order chi connectivity index (χ0) is 19.7. The summed E-state index contributed by atoms with van der Waals surface area (Å²) in [4.78, 5) is 11.9. The minimum atomic E-state index is -3.45. The minimum absolute atomic E-state index is 0.130. The van der Waals surface area contributed by atoms with E-state index in [1.807, 2.05) is 36.4 Å². The Morgan fingerprint density at radius 1 is 1.07 bits per heavy atom. The van der Waals surface area contributed by atoms with Crippen molar-refractivity contribution in [1.82, 2.24) is 9.62 Å². The molecule has 0 spiro atoms. The van der Waals surface area contributed by atoms with Crippen LogP contribution in [0.15, 0.2) is 54.6 Å². The molecule has 0 unspecified atom stereocenters. The zero-order valence-electron chi connectivity index (χ0n) is 15.4. The van der Waals surface area contributed by atoms with Gasteiger partial charge in [0.15, 0.2) is 6.61 Å². The van der Waals surface area contributed by atoms with Crippen molar-refractivity contribution in [3.05, 3.63) is 60.2 Å². The molecule has 0 fully saturated rings. The number of hydrogen-bond acceptors (Lipinski definition) is 5. The molecule has 8 heteroatoms. The summed E-state index contributed by atoms with van der Waals surface area (Å²) < 4.78 is 36.1. The van der Waals surface area contributed by atoms with Gasteiger partial charge in [-0.1, -0.05) is 36.4 Å². The molecule has 0 aliphatic carbocycles. The van der Waals surface area contributed by atoms with Gasteiger partial charge in [-0.15, -0.1) is 0 Å². The summed E-state index contributed by atoms with van der Waals surface area (Å²) in [6.07, 6.45) is 1.14. The van der Waals surface area contributed by atoms with Gasteiger partial charge in [0, 0.05) is 25.2 Å². The molecular weight excluding hydrogens is 368 g/mol. The molecule has 2 aromatic carbocycles. The molecule has 146 valence electrons. The lowest BCUT2D eigenvalue weighted by Crippen LogP contribution is -2.39. The first kappa shape index (κ1) is 20.7. The number of methoxy groups -OCH3 is 1. The fourth-order valence-corrected chi connectivity index (χ4v) is 3.22. The molecule has 0 aliphatic heterocycles. The third-order valence-corrected chi connectivity index (χ3v) is 5.05. The van der Waals surface area contributed by atoms with E-state index in [0.717, 1.165) is 11.8 Å². The van der Waals surface area contributed by atoms with Gasteiger partial charge in [-0.05, 0) is 18.2 Å². The maximum atomic E-state index is 12.1. The maximum absolute atomic E-state index is 12.1. The SMILES string of the molecule is COc1ccccc1CN(CCNC(=O)COc1ccccc1)S(C)(=O)=O. The summed E-state index contributed by atoms with van der Waals surface area (Å²) >= 11 is 0. The molecule has 0 bridgehead atoms. The number of amides is 1. The number of nitrogens with one attached hydrogen (secondary N) is 1. The lowest BCUT2D eigenvalue weighted by atomic mass is 10.2. The second-order valence-corrected chi connectivity index (χ2v) is 7.84. The Hall–Kier alpha value is -2.58. The Labute approximate surface area is 160 Å². The van der Waals surface area contributed by atoms with Crippen molar-refractivity contribution in [2.45, 2.75) is 6.54 Å². The molecule has 0 radical (unpaired) electrons. The van der Waals surface area contributed by atoms with Crippen molar-refractivity contribution in [3.8, 4) is 11.5 Å². The van der Waals surface area contributed by atoms with Crippen LogP contribution in [0.25, 0.3) is 0 Å². The van der Waals surface area contributed by atoms with Gasteiger partial charge in [0.25, 0.3) is 5.91 Å². The first-order chi connectivity index (χ1) is 12.9. The Morgan fingerprint density at radius 2 is 1.74 bits per heavy atom. The van der Waals surface area contributed by atoms with Crippen molar-refractivity contribution in [2.24, 2.45) is 0 Å². The molecular formula is C19H24N2O5S. The van der Waals surface area contributed by atoms with Crippen LogP contribution in [-0.4, -0.2) is 51.7 Å². The normalized spacial score (nSPS) is 11.2. The summed E-state index contributed by atoms with van der Waals surface area (Å²) in [5.41, 5.74) is 0.754. The Kier molecular flexibility index (Phi) is 7.63. The van der Waals surface area contributed by atoms with E-state index < -0.39 is 10.0 Å². The van der Waals surface area contributed by atoms with Crippen LogP contribution in [0.3, 0.4) is 0 Å².